The van der Waals surface area contributed by atoms with Gasteiger partial charge in [0.25, 0.3) is 0 Å². The van der Waals surface area contributed by atoms with Crippen LogP contribution in [0.1, 0.15) is 19.8 Å². The third-order valence-electron chi connectivity index (χ3n) is 2.46. The van der Waals surface area contributed by atoms with Gasteiger partial charge in [0.05, 0.1) is 12.8 Å². The lowest BCUT2D eigenvalue weighted by Crippen LogP contribution is -2.18. The summed E-state index contributed by atoms with van der Waals surface area (Å²) < 4.78 is 4.96. The topological polar surface area (TPSA) is 131 Å². The third-order valence-corrected chi connectivity index (χ3v) is 2.46. The van der Waals surface area contributed by atoms with Crippen molar-refractivity contribution in [1.82, 2.24) is 0 Å². The van der Waals surface area contributed by atoms with Gasteiger partial charge in [-0.3, -0.25) is 15.2 Å². The van der Waals surface area contributed by atoms with Crippen molar-refractivity contribution >= 4 is 23.0 Å². The Labute approximate surface area is 115 Å². The molecule has 9 nitrogen and oxygen atoms in total. The standard InChI is InChI=1S/C11H15N3O6/c1-3-4-11(15)12-7-5-8(13(16)17)9(14(18)19)6-10(7)20-2/h5-6,18-19H,3-4H2,1-2H3,(H,12,15)/q-2. The number of carbonyl (C=O) groups excluding carboxylic acids is 1. The van der Waals surface area contributed by atoms with Gasteiger partial charge in [0, 0.05) is 18.2 Å². The molecule has 1 amide bonds. The number of nitrogens with zero attached hydrogens (tertiary/aromatic N) is 2. The number of nitrogens with one attached hydrogen (secondary N) is 1. The van der Waals surface area contributed by atoms with Crippen LogP contribution < -0.4 is 20.5 Å². The van der Waals surface area contributed by atoms with Crippen molar-refractivity contribution in [2.75, 3.05) is 22.9 Å². The van der Waals surface area contributed by atoms with E-state index < -0.39 is 16.6 Å². The molecular weight excluding hydrogens is 270 g/mol. The third kappa shape index (κ3) is 3.71. The molecule has 1 aromatic carbocycles. The zero-order valence-corrected chi connectivity index (χ0v) is 11.0. The predicted molar refractivity (Wildman–Crippen MR) is 71.8 cm³/mol. The van der Waals surface area contributed by atoms with E-state index in [2.05, 4.69) is 5.32 Å². The van der Waals surface area contributed by atoms with Gasteiger partial charge in [0.1, 0.15) is 11.4 Å². The monoisotopic (exact) mass is 285 g/mol. The second-order valence-electron chi connectivity index (χ2n) is 3.89. The smallest absolute Gasteiger partial charge is 0.224 e. The van der Waals surface area contributed by atoms with E-state index in [0.29, 0.717) is 6.42 Å². The number of benzene rings is 1. The van der Waals surface area contributed by atoms with Crippen molar-refractivity contribution in [3.63, 3.8) is 0 Å². The fourth-order valence-corrected chi connectivity index (χ4v) is 1.57. The summed E-state index contributed by atoms with van der Waals surface area (Å²) in [7, 11) is 1.29. The molecule has 1 aromatic rings. The van der Waals surface area contributed by atoms with Crippen LogP contribution in [0.25, 0.3) is 0 Å². The molecule has 9 heteroatoms. The first-order chi connectivity index (χ1) is 9.40. The molecule has 20 heavy (non-hydrogen) atoms. The van der Waals surface area contributed by atoms with E-state index in [1.54, 1.807) is 0 Å². The van der Waals surface area contributed by atoms with E-state index in [1.807, 2.05) is 6.92 Å². The Balaban J connectivity index is 3.23. The quantitative estimate of drug-likeness (QED) is 0.674. The Hall–Kier alpha value is -2.07. The second-order valence-corrected chi connectivity index (χ2v) is 3.89. The maximum absolute atomic E-state index is 11.5. The normalized spacial score (nSPS) is 10.1. The van der Waals surface area contributed by atoms with Gasteiger partial charge in [-0.25, -0.2) is 0 Å². The van der Waals surface area contributed by atoms with Gasteiger partial charge >= 0.3 is 0 Å². The Morgan fingerprint density at radius 2 is 2.00 bits per heavy atom. The van der Waals surface area contributed by atoms with Gasteiger partial charge in [-0.2, -0.15) is 0 Å². The number of ether oxygens (including phenoxy) is 1. The molecule has 0 spiro atoms. The summed E-state index contributed by atoms with van der Waals surface area (Å²) in [6.07, 6.45) is 0.875. The van der Waals surface area contributed by atoms with Crippen LogP contribution in [0.3, 0.4) is 0 Å². The van der Waals surface area contributed by atoms with Crippen molar-refractivity contribution in [2.24, 2.45) is 0 Å². The van der Waals surface area contributed by atoms with Gasteiger partial charge in [-0.1, -0.05) is 6.92 Å². The minimum Gasteiger partial charge on any atom is -0.769 e. The van der Waals surface area contributed by atoms with Crippen molar-refractivity contribution < 1.29 is 19.9 Å². The molecule has 0 radical (unpaired) electrons. The Morgan fingerprint density at radius 3 is 2.45 bits per heavy atom. The fourth-order valence-electron chi connectivity index (χ4n) is 1.57. The number of rotatable bonds is 6. The minimum atomic E-state index is -0.802. The first-order valence-electron chi connectivity index (χ1n) is 5.74. The Bertz CT molecular complexity index is 477. The lowest BCUT2D eigenvalue weighted by atomic mass is 10.2. The van der Waals surface area contributed by atoms with Crippen LogP contribution in [0, 0.1) is 10.4 Å². The Morgan fingerprint density at radius 1 is 1.35 bits per heavy atom. The number of carbonyl (C=O) groups is 1. The number of hydrogen-bond acceptors (Lipinski definition) is 8. The van der Waals surface area contributed by atoms with Crippen LogP contribution >= 0.6 is 0 Å². The molecule has 0 saturated carbocycles. The lowest BCUT2D eigenvalue weighted by Gasteiger charge is -2.39. The van der Waals surface area contributed by atoms with E-state index >= 15 is 0 Å². The highest BCUT2D eigenvalue weighted by Gasteiger charge is 2.14. The van der Waals surface area contributed by atoms with Gasteiger partial charge < -0.3 is 25.7 Å². The lowest BCUT2D eigenvalue weighted by molar-refractivity contribution is -0.116. The van der Waals surface area contributed by atoms with Crippen LogP contribution in [0.4, 0.5) is 17.1 Å². The average molecular weight is 285 g/mol. The van der Waals surface area contributed by atoms with Crippen molar-refractivity contribution in [2.45, 2.75) is 19.8 Å². The molecule has 1 rings (SSSR count). The maximum Gasteiger partial charge on any atom is 0.224 e. The zero-order valence-electron chi connectivity index (χ0n) is 11.0. The van der Waals surface area contributed by atoms with Crippen LogP contribution in [-0.2, 0) is 4.79 Å². The van der Waals surface area contributed by atoms with Gasteiger partial charge in [-0.15, -0.1) is 5.23 Å². The maximum atomic E-state index is 11.5. The zero-order chi connectivity index (χ0) is 15.3. The SMILES string of the molecule is CCCC(=O)Nc1cc(N([O-])[O-])c(N(O)O)cc1OC. The number of methoxy groups -OCH3 is 1. The first kappa shape index (κ1) is 16.0. The van der Waals surface area contributed by atoms with Crippen LogP contribution in [-0.4, -0.2) is 23.4 Å². The summed E-state index contributed by atoms with van der Waals surface area (Å²) in [6.45, 7) is 1.82. The van der Waals surface area contributed by atoms with Crippen molar-refractivity contribution in [1.29, 1.82) is 0 Å². The molecular formula is C11H15N3O6-2. The van der Waals surface area contributed by atoms with Crippen LogP contribution in [0.5, 0.6) is 5.75 Å². The molecule has 0 bridgehead atoms. The molecule has 0 unspecified atom stereocenters. The summed E-state index contributed by atoms with van der Waals surface area (Å²) in [5.41, 5.74) is -0.966. The molecule has 0 atom stereocenters. The summed E-state index contributed by atoms with van der Waals surface area (Å²) in [4.78, 5) is 11.5. The molecule has 0 aliphatic carbocycles. The fraction of sp³-hybridized carbons (Fsp3) is 0.364. The minimum absolute atomic E-state index is 0.0724. The van der Waals surface area contributed by atoms with Crippen molar-refractivity contribution in [3.8, 4) is 5.75 Å². The highest BCUT2D eigenvalue weighted by atomic mass is 16.8. The highest BCUT2D eigenvalue weighted by Crippen LogP contribution is 2.37. The molecule has 0 aromatic heterocycles. The molecule has 0 heterocycles. The second kappa shape index (κ2) is 6.91. The molecule has 0 fully saturated rings. The summed E-state index contributed by atoms with van der Waals surface area (Å²) in [5.74, 6) is -0.249. The molecule has 112 valence electrons. The van der Waals surface area contributed by atoms with Crippen molar-refractivity contribution in [3.05, 3.63) is 22.5 Å². The molecule has 0 aliphatic rings. The molecule has 0 saturated heterocycles. The number of anilines is 3. The molecule has 0 aliphatic heterocycles. The van der Waals surface area contributed by atoms with Gasteiger partial charge in [0.2, 0.25) is 5.91 Å². The van der Waals surface area contributed by atoms with E-state index in [0.717, 1.165) is 12.1 Å². The largest absolute Gasteiger partial charge is 0.769 e. The average Bonchev–Trinajstić information content (AvgIpc) is 2.38. The molecule has 3 N–H and O–H groups in total. The van der Waals surface area contributed by atoms with Gasteiger partial charge in [0.15, 0.2) is 0 Å². The Kier molecular flexibility index (Phi) is 5.53. The van der Waals surface area contributed by atoms with Gasteiger partial charge in [-0.05, 0) is 12.5 Å². The van der Waals surface area contributed by atoms with E-state index in [-0.39, 0.29) is 29.0 Å². The van der Waals surface area contributed by atoms with E-state index in [9.17, 15) is 15.2 Å². The van der Waals surface area contributed by atoms with Crippen LogP contribution in [0.15, 0.2) is 12.1 Å². The first-order valence-corrected chi connectivity index (χ1v) is 5.74. The number of hydrogen-bond donors (Lipinski definition) is 3. The van der Waals surface area contributed by atoms with E-state index in [1.165, 1.54) is 7.11 Å². The summed E-state index contributed by atoms with van der Waals surface area (Å²) >= 11 is 0. The highest BCUT2D eigenvalue weighted by molar-refractivity contribution is 5.94. The van der Waals surface area contributed by atoms with Crippen LogP contribution in [0.2, 0.25) is 0 Å². The predicted octanol–water partition coefficient (Wildman–Crippen LogP) is 1.82. The summed E-state index contributed by atoms with van der Waals surface area (Å²) in [6, 6.07) is 2.04. The summed E-state index contributed by atoms with van der Waals surface area (Å²) in [5, 5.41) is 41.0. The van der Waals surface area contributed by atoms with E-state index in [4.69, 9.17) is 15.2 Å². The number of amides is 1.